The summed E-state index contributed by atoms with van der Waals surface area (Å²) in [5.41, 5.74) is 3.04. The molecule has 0 atom stereocenters. The van der Waals surface area contributed by atoms with E-state index in [0.717, 1.165) is 24.3 Å². The molecular formula is C21H24N6O2. The van der Waals surface area contributed by atoms with Gasteiger partial charge in [0, 0.05) is 50.1 Å². The average Bonchev–Trinajstić information content (AvgIpc) is 3.22. The van der Waals surface area contributed by atoms with Crippen molar-refractivity contribution in [3.8, 4) is 11.4 Å². The summed E-state index contributed by atoms with van der Waals surface area (Å²) in [6.07, 6.45) is 4.33. The van der Waals surface area contributed by atoms with Gasteiger partial charge in [0.2, 0.25) is 17.6 Å². The van der Waals surface area contributed by atoms with E-state index in [-0.39, 0.29) is 5.91 Å². The van der Waals surface area contributed by atoms with Crippen LogP contribution < -0.4 is 0 Å². The van der Waals surface area contributed by atoms with Gasteiger partial charge in [-0.2, -0.15) is 4.98 Å². The predicted octanol–water partition coefficient (Wildman–Crippen LogP) is 2.11. The maximum absolute atomic E-state index is 12.4. The fourth-order valence-corrected chi connectivity index (χ4v) is 3.34. The van der Waals surface area contributed by atoms with E-state index in [1.54, 1.807) is 6.20 Å². The Kier molecular flexibility index (Phi) is 5.90. The molecule has 1 aliphatic rings. The Morgan fingerprint density at radius 2 is 1.90 bits per heavy atom. The monoisotopic (exact) mass is 392 g/mol. The lowest BCUT2D eigenvalue weighted by Crippen LogP contribution is -2.48. The van der Waals surface area contributed by atoms with Crippen LogP contribution in [0.2, 0.25) is 0 Å². The molecule has 1 saturated heterocycles. The number of aromatic nitrogens is 4. The molecule has 0 saturated carbocycles. The zero-order chi connectivity index (χ0) is 20.1. The second kappa shape index (κ2) is 8.91. The van der Waals surface area contributed by atoms with Crippen molar-refractivity contribution in [3.05, 3.63) is 60.0 Å². The van der Waals surface area contributed by atoms with E-state index in [2.05, 4.69) is 25.0 Å². The first-order chi connectivity index (χ1) is 14.2. The normalized spacial score (nSPS) is 14.9. The topological polar surface area (TPSA) is 88.3 Å². The molecule has 0 aliphatic carbocycles. The molecule has 0 N–H and O–H groups in total. The molecule has 0 radical (unpaired) electrons. The van der Waals surface area contributed by atoms with Crippen molar-refractivity contribution >= 4 is 5.91 Å². The number of benzene rings is 1. The minimum atomic E-state index is 0.169. The fraction of sp³-hybridized carbons (Fsp3) is 0.381. The quantitative estimate of drug-likeness (QED) is 0.635. The van der Waals surface area contributed by atoms with Gasteiger partial charge in [-0.3, -0.25) is 9.69 Å². The Morgan fingerprint density at radius 1 is 1.10 bits per heavy atom. The number of piperazine rings is 1. The van der Waals surface area contributed by atoms with Crippen LogP contribution in [-0.2, 0) is 17.8 Å². The van der Waals surface area contributed by atoms with Crippen molar-refractivity contribution in [2.75, 3.05) is 26.2 Å². The van der Waals surface area contributed by atoms with E-state index in [9.17, 15) is 4.79 Å². The smallest absolute Gasteiger partial charge is 0.241 e. The van der Waals surface area contributed by atoms with Gasteiger partial charge in [0.1, 0.15) is 6.33 Å². The van der Waals surface area contributed by atoms with Crippen LogP contribution in [0.4, 0.5) is 0 Å². The molecular weight excluding hydrogens is 368 g/mol. The highest BCUT2D eigenvalue weighted by Crippen LogP contribution is 2.17. The molecule has 8 heteroatoms. The summed E-state index contributed by atoms with van der Waals surface area (Å²) < 4.78 is 5.42. The Morgan fingerprint density at radius 3 is 2.62 bits per heavy atom. The summed E-state index contributed by atoms with van der Waals surface area (Å²) in [5.74, 6) is 1.38. The Hall–Kier alpha value is -3.13. The Bertz CT molecular complexity index is 933. The van der Waals surface area contributed by atoms with E-state index < -0.39 is 0 Å². The number of aryl methyl sites for hydroxylation is 2. The van der Waals surface area contributed by atoms with Crippen LogP contribution in [0.3, 0.4) is 0 Å². The van der Waals surface area contributed by atoms with Gasteiger partial charge in [0.05, 0.1) is 6.54 Å². The van der Waals surface area contributed by atoms with Crippen molar-refractivity contribution in [1.82, 2.24) is 29.9 Å². The summed E-state index contributed by atoms with van der Waals surface area (Å²) in [6.45, 7) is 5.65. The molecule has 0 spiro atoms. The highest BCUT2D eigenvalue weighted by Gasteiger charge is 2.22. The third-order valence-electron chi connectivity index (χ3n) is 5.10. The van der Waals surface area contributed by atoms with Gasteiger partial charge < -0.3 is 9.42 Å². The zero-order valence-electron chi connectivity index (χ0n) is 16.5. The highest BCUT2D eigenvalue weighted by atomic mass is 16.5. The standard InChI is InChI=1S/C21H24N6O2/c1-16-2-4-17(5-3-16)21-24-19(29-25-21)14-26-10-12-27(13-11-26)20(28)7-6-18-8-9-22-15-23-18/h2-5,8-9,15H,6-7,10-14H2,1H3. The van der Waals surface area contributed by atoms with E-state index in [0.29, 0.717) is 44.2 Å². The molecule has 4 rings (SSSR count). The van der Waals surface area contributed by atoms with Crippen LogP contribution in [0.15, 0.2) is 47.4 Å². The summed E-state index contributed by atoms with van der Waals surface area (Å²) >= 11 is 0. The van der Waals surface area contributed by atoms with Crippen LogP contribution in [0.1, 0.15) is 23.6 Å². The second-order valence-corrected chi connectivity index (χ2v) is 7.24. The predicted molar refractivity (Wildman–Crippen MR) is 107 cm³/mol. The largest absolute Gasteiger partial charge is 0.340 e. The zero-order valence-corrected chi connectivity index (χ0v) is 16.5. The van der Waals surface area contributed by atoms with Crippen molar-refractivity contribution in [3.63, 3.8) is 0 Å². The van der Waals surface area contributed by atoms with Crippen LogP contribution in [0.5, 0.6) is 0 Å². The van der Waals surface area contributed by atoms with Gasteiger partial charge >= 0.3 is 0 Å². The van der Waals surface area contributed by atoms with Crippen molar-refractivity contribution in [2.45, 2.75) is 26.3 Å². The van der Waals surface area contributed by atoms with Crippen LogP contribution >= 0.6 is 0 Å². The molecule has 0 bridgehead atoms. The maximum atomic E-state index is 12.4. The van der Waals surface area contributed by atoms with Gasteiger partial charge in [-0.15, -0.1) is 0 Å². The number of carbonyl (C=O) groups excluding carboxylic acids is 1. The van der Waals surface area contributed by atoms with Gasteiger partial charge in [-0.1, -0.05) is 35.0 Å². The van der Waals surface area contributed by atoms with Crippen LogP contribution in [0.25, 0.3) is 11.4 Å². The number of hydrogen-bond donors (Lipinski definition) is 0. The number of hydrogen-bond acceptors (Lipinski definition) is 7. The second-order valence-electron chi connectivity index (χ2n) is 7.24. The maximum Gasteiger partial charge on any atom is 0.241 e. The average molecular weight is 392 g/mol. The molecule has 8 nitrogen and oxygen atoms in total. The molecule has 150 valence electrons. The number of rotatable bonds is 6. The molecule has 1 amide bonds. The van der Waals surface area contributed by atoms with Crippen LogP contribution in [-0.4, -0.2) is 62.0 Å². The summed E-state index contributed by atoms with van der Waals surface area (Å²) in [6, 6.07) is 9.91. The van der Waals surface area contributed by atoms with E-state index in [1.165, 1.54) is 11.9 Å². The van der Waals surface area contributed by atoms with Crippen LogP contribution in [0, 0.1) is 6.92 Å². The van der Waals surface area contributed by atoms with Gasteiger partial charge in [0.25, 0.3) is 0 Å². The third-order valence-corrected chi connectivity index (χ3v) is 5.10. The third kappa shape index (κ3) is 5.03. The molecule has 2 aromatic heterocycles. The molecule has 3 heterocycles. The Balaban J connectivity index is 1.25. The lowest BCUT2D eigenvalue weighted by atomic mass is 10.1. The minimum Gasteiger partial charge on any atom is -0.340 e. The van der Waals surface area contributed by atoms with E-state index >= 15 is 0 Å². The van der Waals surface area contributed by atoms with E-state index in [1.807, 2.05) is 42.2 Å². The molecule has 1 aromatic carbocycles. The highest BCUT2D eigenvalue weighted by molar-refractivity contribution is 5.76. The molecule has 29 heavy (non-hydrogen) atoms. The first-order valence-corrected chi connectivity index (χ1v) is 9.82. The summed E-state index contributed by atoms with van der Waals surface area (Å²) in [7, 11) is 0. The van der Waals surface area contributed by atoms with Crippen molar-refractivity contribution in [2.24, 2.45) is 0 Å². The number of nitrogens with zero attached hydrogens (tertiary/aromatic N) is 6. The van der Waals surface area contributed by atoms with E-state index in [4.69, 9.17) is 4.52 Å². The number of carbonyl (C=O) groups is 1. The van der Waals surface area contributed by atoms with Gasteiger partial charge in [-0.05, 0) is 19.4 Å². The Labute approximate surface area is 169 Å². The summed E-state index contributed by atoms with van der Waals surface area (Å²) in [4.78, 5) is 29.2. The summed E-state index contributed by atoms with van der Waals surface area (Å²) in [5, 5.41) is 4.09. The van der Waals surface area contributed by atoms with Crippen molar-refractivity contribution in [1.29, 1.82) is 0 Å². The first kappa shape index (κ1) is 19.2. The van der Waals surface area contributed by atoms with Crippen molar-refractivity contribution < 1.29 is 9.32 Å². The van der Waals surface area contributed by atoms with Gasteiger partial charge in [-0.25, -0.2) is 9.97 Å². The minimum absolute atomic E-state index is 0.169. The SMILES string of the molecule is Cc1ccc(-c2noc(CN3CCN(C(=O)CCc4ccncn4)CC3)n2)cc1. The first-order valence-electron chi connectivity index (χ1n) is 9.82. The molecule has 3 aromatic rings. The van der Waals surface area contributed by atoms with Gasteiger partial charge in [0.15, 0.2) is 0 Å². The number of amides is 1. The lowest BCUT2D eigenvalue weighted by molar-refractivity contribution is -0.133. The molecule has 0 unspecified atom stereocenters. The molecule has 1 fully saturated rings. The fourth-order valence-electron chi connectivity index (χ4n) is 3.34. The lowest BCUT2D eigenvalue weighted by Gasteiger charge is -2.34. The molecule has 1 aliphatic heterocycles.